The molecular weight excluding hydrogens is 208 g/mol. The highest BCUT2D eigenvalue weighted by molar-refractivity contribution is 5.92. The van der Waals surface area contributed by atoms with E-state index >= 15 is 0 Å². The van der Waals surface area contributed by atoms with Gasteiger partial charge in [-0.05, 0) is 19.1 Å². The topological polar surface area (TPSA) is 67.8 Å². The van der Waals surface area contributed by atoms with Crippen LogP contribution in [0.15, 0.2) is 23.2 Å². The lowest BCUT2D eigenvalue weighted by molar-refractivity contribution is -0.114. The zero-order valence-electron chi connectivity index (χ0n) is 9.11. The van der Waals surface area contributed by atoms with Crippen molar-refractivity contribution in [2.75, 3.05) is 11.9 Å². The summed E-state index contributed by atoms with van der Waals surface area (Å²) in [6, 6.07) is 4.89. The summed E-state index contributed by atoms with van der Waals surface area (Å²) in [7, 11) is 0. The Bertz CT molecular complexity index is 437. The van der Waals surface area contributed by atoms with Crippen molar-refractivity contribution in [3.63, 3.8) is 0 Å². The van der Waals surface area contributed by atoms with Crippen molar-refractivity contribution in [1.82, 2.24) is 0 Å². The maximum absolute atomic E-state index is 10.9. The Kier molecular flexibility index (Phi) is 4.24. The Balaban J connectivity index is 3.08. The number of isocyanates is 1. The largest absolute Gasteiger partial charge is 0.494 e. The minimum absolute atomic E-state index is 0.230. The summed E-state index contributed by atoms with van der Waals surface area (Å²) in [6.45, 7) is 3.75. The quantitative estimate of drug-likeness (QED) is 0.623. The normalized spacial score (nSPS) is 9.12. The number of carbonyl (C=O) groups is 1. The Labute approximate surface area is 93.1 Å². The van der Waals surface area contributed by atoms with Gasteiger partial charge in [0, 0.05) is 13.0 Å². The van der Waals surface area contributed by atoms with E-state index in [-0.39, 0.29) is 5.91 Å². The highest BCUT2D eigenvalue weighted by Gasteiger charge is 2.05. The number of hydrogen-bond donors (Lipinski definition) is 1. The van der Waals surface area contributed by atoms with E-state index in [9.17, 15) is 9.59 Å². The SMILES string of the molecule is CCOc1ccc(NC(C)=O)c(N=C=O)c1. The number of rotatable bonds is 4. The molecule has 0 saturated heterocycles. The van der Waals surface area contributed by atoms with Crippen LogP contribution in [0.2, 0.25) is 0 Å². The molecule has 0 atom stereocenters. The molecule has 1 aromatic carbocycles. The number of aliphatic imine (C=N–C) groups is 1. The van der Waals surface area contributed by atoms with Crippen LogP contribution < -0.4 is 10.1 Å². The van der Waals surface area contributed by atoms with Gasteiger partial charge in [-0.15, -0.1) is 0 Å². The Hall–Kier alpha value is -2.13. The van der Waals surface area contributed by atoms with Crippen molar-refractivity contribution >= 4 is 23.4 Å². The number of amides is 1. The molecule has 0 unspecified atom stereocenters. The molecular formula is C11H12N2O3. The van der Waals surface area contributed by atoms with Gasteiger partial charge in [0.2, 0.25) is 12.0 Å². The number of nitrogens with zero attached hydrogens (tertiary/aromatic N) is 1. The molecule has 5 heteroatoms. The minimum Gasteiger partial charge on any atom is -0.494 e. The average Bonchev–Trinajstić information content (AvgIpc) is 2.22. The number of anilines is 1. The zero-order chi connectivity index (χ0) is 12.0. The van der Waals surface area contributed by atoms with Gasteiger partial charge in [-0.2, -0.15) is 4.99 Å². The number of carbonyl (C=O) groups excluding carboxylic acids is 2. The Morgan fingerprint density at radius 1 is 1.56 bits per heavy atom. The molecule has 84 valence electrons. The molecule has 0 bridgehead atoms. The third-order valence-corrected chi connectivity index (χ3v) is 1.76. The second kappa shape index (κ2) is 5.68. The lowest BCUT2D eigenvalue weighted by atomic mass is 10.2. The van der Waals surface area contributed by atoms with Gasteiger partial charge in [0.25, 0.3) is 0 Å². The van der Waals surface area contributed by atoms with Gasteiger partial charge in [-0.25, -0.2) is 4.79 Å². The number of benzene rings is 1. The molecule has 1 aromatic rings. The fourth-order valence-electron chi connectivity index (χ4n) is 1.20. The fourth-order valence-corrected chi connectivity index (χ4v) is 1.20. The highest BCUT2D eigenvalue weighted by Crippen LogP contribution is 2.29. The summed E-state index contributed by atoms with van der Waals surface area (Å²) in [4.78, 5) is 24.6. The standard InChI is InChI=1S/C11H12N2O3/c1-3-16-9-4-5-10(13-8(2)15)11(6-9)12-7-14/h4-6H,3H2,1-2H3,(H,13,15). The second-order valence-electron chi connectivity index (χ2n) is 3.00. The molecule has 0 aliphatic carbocycles. The smallest absolute Gasteiger partial charge is 0.240 e. The molecule has 0 saturated carbocycles. The molecule has 0 heterocycles. The summed E-state index contributed by atoms with van der Waals surface area (Å²) in [5, 5.41) is 2.56. The van der Waals surface area contributed by atoms with E-state index < -0.39 is 0 Å². The van der Waals surface area contributed by atoms with Crippen molar-refractivity contribution in [1.29, 1.82) is 0 Å². The van der Waals surface area contributed by atoms with Crippen LogP contribution in [0.5, 0.6) is 5.75 Å². The van der Waals surface area contributed by atoms with Crippen molar-refractivity contribution < 1.29 is 14.3 Å². The lowest BCUT2D eigenvalue weighted by Crippen LogP contribution is -2.05. The fraction of sp³-hybridized carbons (Fsp3) is 0.273. The molecule has 0 spiro atoms. The predicted molar refractivity (Wildman–Crippen MR) is 59.7 cm³/mol. The maximum Gasteiger partial charge on any atom is 0.240 e. The Morgan fingerprint density at radius 3 is 2.88 bits per heavy atom. The molecule has 1 amide bonds. The van der Waals surface area contributed by atoms with Crippen molar-refractivity contribution in [3.05, 3.63) is 18.2 Å². The highest BCUT2D eigenvalue weighted by atomic mass is 16.5. The van der Waals surface area contributed by atoms with Gasteiger partial charge in [-0.3, -0.25) is 4.79 Å². The third kappa shape index (κ3) is 3.22. The van der Waals surface area contributed by atoms with Crippen LogP contribution in [0.1, 0.15) is 13.8 Å². The maximum atomic E-state index is 10.9. The molecule has 0 aliphatic heterocycles. The number of ether oxygens (including phenoxy) is 1. The van der Waals surface area contributed by atoms with E-state index in [4.69, 9.17) is 4.74 Å². The molecule has 0 aliphatic rings. The molecule has 0 aromatic heterocycles. The van der Waals surface area contributed by atoms with E-state index in [2.05, 4.69) is 10.3 Å². The first-order valence-corrected chi connectivity index (χ1v) is 4.79. The van der Waals surface area contributed by atoms with E-state index in [1.165, 1.54) is 13.0 Å². The zero-order valence-corrected chi connectivity index (χ0v) is 9.11. The predicted octanol–water partition coefficient (Wildman–Crippen LogP) is 2.01. The van der Waals surface area contributed by atoms with Crippen LogP contribution in [-0.4, -0.2) is 18.6 Å². The summed E-state index contributed by atoms with van der Waals surface area (Å²) in [5.74, 6) is 0.358. The average molecular weight is 220 g/mol. The van der Waals surface area contributed by atoms with Crippen LogP contribution in [0.4, 0.5) is 11.4 Å². The molecule has 1 rings (SSSR count). The first-order chi connectivity index (χ1) is 7.67. The van der Waals surface area contributed by atoms with Gasteiger partial charge < -0.3 is 10.1 Å². The van der Waals surface area contributed by atoms with E-state index in [1.807, 2.05) is 6.92 Å². The summed E-state index contributed by atoms with van der Waals surface area (Å²) >= 11 is 0. The van der Waals surface area contributed by atoms with Gasteiger partial charge in [0.1, 0.15) is 11.4 Å². The van der Waals surface area contributed by atoms with Crippen LogP contribution in [0, 0.1) is 0 Å². The molecule has 0 fully saturated rings. The van der Waals surface area contributed by atoms with E-state index in [1.54, 1.807) is 18.2 Å². The minimum atomic E-state index is -0.230. The first-order valence-electron chi connectivity index (χ1n) is 4.79. The van der Waals surface area contributed by atoms with Gasteiger partial charge in [0.15, 0.2) is 0 Å². The van der Waals surface area contributed by atoms with Crippen molar-refractivity contribution in [3.8, 4) is 5.75 Å². The number of nitrogens with one attached hydrogen (secondary N) is 1. The van der Waals surface area contributed by atoms with Gasteiger partial charge in [-0.1, -0.05) is 0 Å². The summed E-state index contributed by atoms with van der Waals surface area (Å²) < 4.78 is 5.25. The second-order valence-corrected chi connectivity index (χ2v) is 3.00. The molecule has 1 N–H and O–H groups in total. The lowest BCUT2D eigenvalue weighted by Gasteiger charge is -2.08. The van der Waals surface area contributed by atoms with Crippen molar-refractivity contribution in [2.24, 2.45) is 4.99 Å². The summed E-state index contributed by atoms with van der Waals surface area (Å²) in [6.07, 6.45) is 1.44. The van der Waals surface area contributed by atoms with Crippen LogP contribution in [0.25, 0.3) is 0 Å². The first kappa shape index (κ1) is 11.9. The van der Waals surface area contributed by atoms with Crippen LogP contribution >= 0.6 is 0 Å². The molecule has 16 heavy (non-hydrogen) atoms. The van der Waals surface area contributed by atoms with Crippen LogP contribution in [-0.2, 0) is 9.59 Å². The molecule has 5 nitrogen and oxygen atoms in total. The van der Waals surface area contributed by atoms with Crippen LogP contribution in [0.3, 0.4) is 0 Å². The monoisotopic (exact) mass is 220 g/mol. The van der Waals surface area contributed by atoms with E-state index in [0.29, 0.717) is 23.7 Å². The number of hydrogen-bond acceptors (Lipinski definition) is 4. The molecule has 0 radical (unpaired) electrons. The third-order valence-electron chi connectivity index (χ3n) is 1.76. The van der Waals surface area contributed by atoms with E-state index in [0.717, 1.165) is 0 Å². The summed E-state index contributed by atoms with van der Waals surface area (Å²) in [5.41, 5.74) is 0.787. The Morgan fingerprint density at radius 2 is 2.31 bits per heavy atom. The van der Waals surface area contributed by atoms with Gasteiger partial charge in [0.05, 0.1) is 12.3 Å². The van der Waals surface area contributed by atoms with Gasteiger partial charge >= 0.3 is 0 Å². The van der Waals surface area contributed by atoms with Crippen molar-refractivity contribution in [2.45, 2.75) is 13.8 Å².